The largest absolute Gasteiger partial charge is 0.332 e. The number of urea groups is 1. The smallest absolute Gasteiger partial charge is 0.318 e. The molecule has 3 atom stereocenters. The number of carbonyl (C=O) groups excluding carboxylic acids is 2. The van der Waals surface area contributed by atoms with Crippen LogP contribution < -0.4 is 5.32 Å². The number of nitrogens with one attached hydrogen (secondary N) is 1. The Kier molecular flexibility index (Phi) is 5.75. The molecule has 2 saturated heterocycles. The molecule has 20 heavy (non-hydrogen) atoms. The molecule has 0 aromatic rings. The fraction of sp³-hybridized carbons (Fsp3) is 0.867. The molecule has 2 aliphatic rings. The van der Waals surface area contributed by atoms with Gasteiger partial charge in [-0.3, -0.25) is 0 Å². The van der Waals surface area contributed by atoms with E-state index in [0.717, 1.165) is 44.4 Å². The number of amides is 2. The summed E-state index contributed by atoms with van der Waals surface area (Å²) in [5, 5.41) is 3.67. The van der Waals surface area contributed by atoms with Crippen molar-refractivity contribution in [3.63, 3.8) is 0 Å². The zero-order valence-electron chi connectivity index (χ0n) is 12.6. The molecule has 0 aromatic carbocycles. The van der Waals surface area contributed by atoms with E-state index in [1.807, 2.05) is 11.8 Å². The lowest BCUT2D eigenvalue weighted by molar-refractivity contribution is -0.117. The number of fused-ring (bicyclic) bond motifs is 1. The highest BCUT2D eigenvalue weighted by atomic mass is 32.2. The van der Waals surface area contributed by atoms with E-state index in [4.69, 9.17) is 0 Å². The Balaban J connectivity index is 1.84. The molecule has 114 valence electrons. The molecule has 0 aliphatic carbocycles. The number of ketones is 1. The minimum Gasteiger partial charge on any atom is -0.332 e. The van der Waals surface area contributed by atoms with Gasteiger partial charge in [0.15, 0.2) is 0 Å². The number of carbonyl (C=O) groups is 2. The van der Waals surface area contributed by atoms with Crippen LogP contribution >= 0.6 is 11.8 Å². The number of thioether (sulfide) groups is 1. The first-order chi connectivity index (χ1) is 9.63. The van der Waals surface area contributed by atoms with E-state index in [2.05, 4.69) is 17.1 Å². The maximum atomic E-state index is 12.0. The summed E-state index contributed by atoms with van der Waals surface area (Å²) < 4.78 is 0. The molecule has 0 aromatic heterocycles. The predicted molar refractivity (Wildman–Crippen MR) is 83.1 cm³/mol. The van der Waals surface area contributed by atoms with Crippen molar-refractivity contribution in [3.8, 4) is 0 Å². The van der Waals surface area contributed by atoms with E-state index in [1.54, 1.807) is 6.92 Å². The zero-order valence-corrected chi connectivity index (χ0v) is 13.4. The Morgan fingerprint density at radius 3 is 2.90 bits per heavy atom. The van der Waals surface area contributed by atoms with Crippen LogP contribution in [0.3, 0.4) is 0 Å². The van der Waals surface area contributed by atoms with Gasteiger partial charge in [-0.25, -0.2) is 4.79 Å². The maximum absolute atomic E-state index is 12.0. The third-order valence-corrected chi connectivity index (χ3v) is 5.73. The molecule has 0 saturated carbocycles. The Morgan fingerprint density at radius 2 is 2.20 bits per heavy atom. The molecule has 4 nitrogen and oxygen atoms in total. The van der Waals surface area contributed by atoms with E-state index in [1.165, 1.54) is 0 Å². The van der Waals surface area contributed by atoms with Gasteiger partial charge < -0.3 is 15.0 Å². The topological polar surface area (TPSA) is 49.4 Å². The second kappa shape index (κ2) is 7.34. The van der Waals surface area contributed by atoms with Crippen LogP contribution in [-0.4, -0.2) is 46.3 Å². The van der Waals surface area contributed by atoms with Crippen LogP contribution in [0.1, 0.15) is 52.4 Å². The Bertz CT molecular complexity index is 362. The van der Waals surface area contributed by atoms with Crippen molar-refractivity contribution in [2.75, 3.05) is 12.3 Å². The maximum Gasteiger partial charge on any atom is 0.318 e. The SMILES string of the molecule is CCCCN1C(=O)N[C@H]2CS[C@@H](CCCCC(C)=O)[C@H]21. The van der Waals surface area contributed by atoms with E-state index < -0.39 is 0 Å². The summed E-state index contributed by atoms with van der Waals surface area (Å²) in [6.07, 6.45) is 6.10. The van der Waals surface area contributed by atoms with Gasteiger partial charge in [0.1, 0.15) is 5.78 Å². The van der Waals surface area contributed by atoms with Crippen molar-refractivity contribution in [1.82, 2.24) is 10.2 Å². The van der Waals surface area contributed by atoms with Gasteiger partial charge in [-0.05, 0) is 26.2 Å². The van der Waals surface area contributed by atoms with Crippen LogP contribution in [0.5, 0.6) is 0 Å². The monoisotopic (exact) mass is 298 g/mol. The molecule has 0 bridgehead atoms. The molecule has 2 aliphatic heterocycles. The van der Waals surface area contributed by atoms with E-state index in [-0.39, 0.29) is 11.8 Å². The molecular formula is C15H26N2O2S. The van der Waals surface area contributed by atoms with Gasteiger partial charge in [0.25, 0.3) is 0 Å². The van der Waals surface area contributed by atoms with Crippen LogP contribution in [0.25, 0.3) is 0 Å². The van der Waals surface area contributed by atoms with E-state index in [9.17, 15) is 9.59 Å². The lowest BCUT2D eigenvalue weighted by atomic mass is 10.0. The van der Waals surface area contributed by atoms with Crippen molar-refractivity contribution in [2.45, 2.75) is 69.7 Å². The van der Waals surface area contributed by atoms with Gasteiger partial charge >= 0.3 is 6.03 Å². The molecule has 2 rings (SSSR count). The molecule has 2 amide bonds. The number of hydrogen-bond acceptors (Lipinski definition) is 3. The number of Topliss-reactive ketones (excluding diaryl/α,β-unsaturated/α-hetero) is 1. The van der Waals surface area contributed by atoms with Crippen LogP contribution in [-0.2, 0) is 4.79 Å². The number of unbranched alkanes of at least 4 members (excludes halogenated alkanes) is 2. The van der Waals surface area contributed by atoms with Gasteiger partial charge in [-0.1, -0.05) is 19.8 Å². The van der Waals surface area contributed by atoms with Crippen molar-refractivity contribution >= 4 is 23.6 Å². The average Bonchev–Trinajstić information content (AvgIpc) is 2.91. The summed E-state index contributed by atoms with van der Waals surface area (Å²) in [4.78, 5) is 25.0. The van der Waals surface area contributed by atoms with Crippen LogP contribution in [0.2, 0.25) is 0 Å². The summed E-state index contributed by atoms with van der Waals surface area (Å²) in [5.41, 5.74) is 0. The number of hydrogen-bond donors (Lipinski definition) is 1. The Hall–Kier alpha value is -0.710. The average molecular weight is 298 g/mol. The van der Waals surface area contributed by atoms with Gasteiger partial charge in [0.2, 0.25) is 0 Å². The summed E-state index contributed by atoms with van der Waals surface area (Å²) in [6.45, 7) is 4.70. The highest BCUT2D eigenvalue weighted by Gasteiger charge is 2.47. The molecule has 2 heterocycles. The molecule has 0 radical (unpaired) electrons. The fourth-order valence-corrected chi connectivity index (χ4v) is 4.76. The number of rotatable bonds is 8. The second-order valence-electron chi connectivity index (χ2n) is 5.91. The quantitative estimate of drug-likeness (QED) is 0.554. The second-order valence-corrected chi connectivity index (χ2v) is 7.19. The van der Waals surface area contributed by atoms with Crippen LogP contribution in [0, 0.1) is 0 Å². The minimum atomic E-state index is 0.127. The van der Waals surface area contributed by atoms with Crippen molar-refractivity contribution in [3.05, 3.63) is 0 Å². The Labute approximate surface area is 126 Å². The highest BCUT2D eigenvalue weighted by molar-refractivity contribution is 8.00. The third-order valence-electron chi connectivity index (χ3n) is 4.23. The first-order valence-electron chi connectivity index (χ1n) is 7.81. The van der Waals surface area contributed by atoms with Gasteiger partial charge in [-0.15, -0.1) is 0 Å². The summed E-state index contributed by atoms with van der Waals surface area (Å²) in [7, 11) is 0. The third kappa shape index (κ3) is 3.68. The van der Waals surface area contributed by atoms with Gasteiger partial charge in [0.05, 0.1) is 12.1 Å². The molecule has 0 unspecified atom stereocenters. The molecule has 1 N–H and O–H groups in total. The predicted octanol–water partition coefficient (Wildman–Crippen LogP) is 2.81. The summed E-state index contributed by atoms with van der Waals surface area (Å²) in [6, 6.07) is 0.834. The molecule has 0 spiro atoms. The normalized spacial score (nSPS) is 28.6. The van der Waals surface area contributed by atoms with Crippen molar-refractivity contribution in [2.24, 2.45) is 0 Å². The van der Waals surface area contributed by atoms with Crippen molar-refractivity contribution < 1.29 is 9.59 Å². The lowest BCUT2D eigenvalue weighted by Gasteiger charge is -2.27. The standard InChI is InChI=1S/C15H26N2O2S/c1-3-4-9-17-14-12(16-15(17)19)10-20-13(14)8-6-5-7-11(2)18/h12-14H,3-10H2,1-2H3,(H,16,19)/t12-,13-,14-/m0/s1. The Morgan fingerprint density at radius 1 is 1.40 bits per heavy atom. The molecule has 5 heteroatoms. The summed E-state index contributed by atoms with van der Waals surface area (Å²) in [5.74, 6) is 1.32. The van der Waals surface area contributed by atoms with E-state index >= 15 is 0 Å². The number of nitrogens with zero attached hydrogens (tertiary/aromatic N) is 1. The van der Waals surface area contributed by atoms with Crippen LogP contribution in [0.4, 0.5) is 4.79 Å². The van der Waals surface area contributed by atoms with Crippen molar-refractivity contribution in [1.29, 1.82) is 0 Å². The molecular weight excluding hydrogens is 272 g/mol. The van der Waals surface area contributed by atoms with E-state index in [0.29, 0.717) is 23.8 Å². The van der Waals surface area contributed by atoms with Crippen LogP contribution in [0.15, 0.2) is 0 Å². The first-order valence-corrected chi connectivity index (χ1v) is 8.86. The van der Waals surface area contributed by atoms with Gasteiger partial charge in [-0.2, -0.15) is 11.8 Å². The fourth-order valence-electron chi connectivity index (χ4n) is 3.16. The summed E-state index contributed by atoms with van der Waals surface area (Å²) >= 11 is 1.99. The first kappa shape index (κ1) is 15.7. The highest BCUT2D eigenvalue weighted by Crippen LogP contribution is 2.37. The molecule has 2 fully saturated rings. The zero-order chi connectivity index (χ0) is 14.5. The lowest BCUT2D eigenvalue weighted by Crippen LogP contribution is -2.41. The minimum absolute atomic E-state index is 0.127. The van der Waals surface area contributed by atoms with Gasteiger partial charge in [0, 0.05) is 24.0 Å².